The van der Waals surface area contributed by atoms with E-state index in [4.69, 9.17) is 11.6 Å². The van der Waals surface area contributed by atoms with Gasteiger partial charge in [0.25, 0.3) is 5.91 Å². The maximum Gasteiger partial charge on any atom is 0.251 e. The van der Waals surface area contributed by atoms with Crippen molar-refractivity contribution in [3.05, 3.63) is 83.2 Å². The molecule has 1 aromatic heterocycles. The molecule has 9 heteroatoms. The van der Waals surface area contributed by atoms with Crippen molar-refractivity contribution < 1.29 is 9.59 Å². The molecule has 0 aliphatic heterocycles. The fourth-order valence-electron chi connectivity index (χ4n) is 2.88. The number of anilines is 1. The molecule has 0 fully saturated rings. The Bertz CT molecular complexity index is 1080. The number of hydrogen-bond donors (Lipinski definition) is 2. The van der Waals surface area contributed by atoms with E-state index >= 15 is 0 Å². The lowest BCUT2D eigenvalue weighted by Crippen LogP contribution is -2.24. The molecule has 0 aliphatic rings. The van der Waals surface area contributed by atoms with Crippen molar-refractivity contribution in [2.75, 3.05) is 11.1 Å². The molecule has 0 saturated heterocycles. The Morgan fingerprint density at radius 3 is 2.50 bits per heavy atom. The summed E-state index contributed by atoms with van der Waals surface area (Å²) in [5, 5.41) is 15.2. The Morgan fingerprint density at radius 1 is 1.12 bits per heavy atom. The highest BCUT2D eigenvalue weighted by atomic mass is 35.5. The molecular formula is C23H24ClN5O2S. The van der Waals surface area contributed by atoms with Crippen LogP contribution in [0.5, 0.6) is 0 Å². The van der Waals surface area contributed by atoms with Crippen molar-refractivity contribution >= 4 is 40.9 Å². The Morgan fingerprint density at radius 2 is 1.84 bits per heavy atom. The Kier molecular flexibility index (Phi) is 8.47. The number of aryl methyl sites for hydroxylation is 1. The molecule has 3 aromatic rings. The van der Waals surface area contributed by atoms with Gasteiger partial charge in [0.05, 0.1) is 12.3 Å². The number of thioether (sulfide) groups is 1. The molecule has 2 aromatic carbocycles. The van der Waals surface area contributed by atoms with Crippen LogP contribution in [-0.2, 0) is 24.3 Å². The van der Waals surface area contributed by atoms with Crippen molar-refractivity contribution in [3.8, 4) is 0 Å². The van der Waals surface area contributed by atoms with E-state index in [1.807, 2.05) is 28.8 Å². The number of rotatable bonds is 10. The largest absolute Gasteiger partial charge is 0.345 e. The molecule has 0 bridgehead atoms. The van der Waals surface area contributed by atoms with Crippen LogP contribution in [0.1, 0.15) is 28.7 Å². The van der Waals surface area contributed by atoms with Gasteiger partial charge in [0.1, 0.15) is 0 Å². The predicted molar refractivity (Wildman–Crippen MR) is 128 cm³/mol. The minimum Gasteiger partial charge on any atom is -0.345 e. The zero-order chi connectivity index (χ0) is 22.9. The third-order valence-corrected chi connectivity index (χ3v) is 5.82. The smallest absolute Gasteiger partial charge is 0.251 e. The zero-order valence-corrected chi connectivity index (χ0v) is 19.2. The lowest BCUT2D eigenvalue weighted by molar-refractivity contribution is -0.113. The van der Waals surface area contributed by atoms with Crippen LogP contribution < -0.4 is 10.6 Å². The molecule has 2 amide bonds. The van der Waals surface area contributed by atoms with Crippen molar-refractivity contribution in [2.24, 2.45) is 0 Å². The number of carbonyl (C=O) groups excluding carboxylic acids is 2. The number of halogens is 1. The van der Waals surface area contributed by atoms with Gasteiger partial charge in [-0.05, 0) is 48.4 Å². The summed E-state index contributed by atoms with van der Waals surface area (Å²) < 4.78 is 1.82. The minimum absolute atomic E-state index is 0.134. The van der Waals surface area contributed by atoms with Crippen molar-refractivity contribution in [2.45, 2.75) is 31.6 Å². The fourth-order valence-corrected chi connectivity index (χ4v) is 3.78. The van der Waals surface area contributed by atoms with Crippen LogP contribution in [-0.4, -0.2) is 32.3 Å². The van der Waals surface area contributed by atoms with Gasteiger partial charge in [-0.15, -0.1) is 16.8 Å². The van der Waals surface area contributed by atoms with E-state index in [9.17, 15) is 9.59 Å². The first-order valence-electron chi connectivity index (χ1n) is 10.1. The van der Waals surface area contributed by atoms with Gasteiger partial charge in [-0.25, -0.2) is 0 Å². The van der Waals surface area contributed by atoms with Gasteiger partial charge < -0.3 is 15.2 Å². The molecule has 0 saturated carbocycles. The summed E-state index contributed by atoms with van der Waals surface area (Å²) >= 11 is 7.14. The summed E-state index contributed by atoms with van der Waals surface area (Å²) in [6, 6.07) is 14.4. The average molecular weight is 470 g/mol. The lowest BCUT2D eigenvalue weighted by atomic mass is 10.1. The summed E-state index contributed by atoms with van der Waals surface area (Å²) in [5.41, 5.74) is 2.47. The maximum atomic E-state index is 12.3. The number of benzene rings is 2. The van der Waals surface area contributed by atoms with E-state index in [1.54, 1.807) is 30.3 Å². The first-order valence-corrected chi connectivity index (χ1v) is 11.4. The number of aromatic nitrogens is 3. The third-order valence-electron chi connectivity index (χ3n) is 4.60. The summed E-state index contributed by atoms with van der Waals surface area (Å²) in [4.78, 5) is 24.7. The SMILES string of the molecule is C=CCn1c(CNC(=O)c2ccc(Cl)cc2)nnc1SCC(=O)Nc1ccc(CC)cc1. The normalized spacial score (nSPS) is 10.6. The van der Waals surface area contributed by atoms with Gasteiger partial charge >= 0.3 is 0 Å². The topological polar surface area (TPSA) is 88.9 Å². The van der Waals surface area contributed by atoms with E-state index in [1.165, 1.54) is 17.3 Å². The summed E-state index contributed by atoms with van der Waals surface area (Å²) in [6.45, 7) is 6.51. The standard InChI is InChI=1S/C23H24ClN5O2S/c1-3-13-29-20(14-25-22(31)17-7-9-18(24)10-8-17)27-28-23(29)32-15-21(30)26-19-11-5-16(4-2)6-12-19/h3,5-12H,1,4,13-15H2,2H3,(H,25,31)(H,26,30). The van der Waals surface area contributed by atoms with E-state index in [0.717, 1.165) is 12.1 Å². The zero-order valence-electron chi connectivity index (χ0n) is 17.7. The number of carbonyl (C=O) groups is 2. The Hall–Kier alpha value is -3.10. The Balaban J connectivity index is 1.58. The van der Waals surface area contributed by atoms with Gasteiger partial charge in [0.15, 0.2) is 11.0 Å². The van der Waals surface area contributed by atoms with Gasteiger partial charge in [-0.2, -0.15) is 0 Å². The molecule has 7 nitrogen and oxygen atoms in total. The molecule has 0 unspecified atom stereocenters. The van der Waals surface area contributed by atoms with Crippen LogP contribution in [0.4, 0.5) is 5.69 Å². The van der Waals surface area contributed by atoms with Crippen molar-refractivity contribution in [1.29, 1.82) is 0 Å². The second-order valence-corrected chi connectivity index (χ2v) is 8.25. The molecule has 1 heterocycles. The quantitative estimate of drug-likeness (QED) is 0.340. The second-order valence-electron chi connectivity index (χ2n) is 6.87. The first kappa shape index (κ1) is 23.6. The molecule has 32 heavy (non-hydrogen) atoms. The number of amides is 2. The lowest BCUT2D eigenvalue weighted by Gasteiger charge is -2.09. The highest BCUT2D eigenvalue weighted by Gasteiger charge is 2.15. The third kappa shape index (κ3) is 6.45. The molecule has 3 rings (SSSR count). The minimum atomic E-state index is -0.238. The monoisotopic (exact) mass is 469 g/mol. The van der Waals surface area contributed by atoms with Crippen LogP contribution in [0.25, 0.3) is 0 Å². The van der Waals surface area contributed by atoms with E-state index in [-0.39, 0.29) is 24.1 Å². The summed E-state index contributed by atoms with van der Waals surface area (Å²) in [6.07, 6.45) is 2.67. The maximum absolute atomic E-state index is 12.3. The van der Waals surface area contributed by atoms with Crippen molar-refractivity contribution in [3.63, 3.8) is 0 Å². The van der Waals surface area contributed by atoms with Crippen LogP contribution in [0.2, 0.25) is 5.02 Å². The van der Waals surface area contributed by atoms with Crippen LogP contribution in [0.15, 0.2) is 66.3 Å². The molecule has 2 N–H and O–H groups in total. The summed E-state index contributed by atoms with van der Waals surface area (Å²) in [5.74, 6) is 0.384. The average Bonchev–Trinajstić information content (AvgIpc) is 3.19. The van der Waals surface area contributed by atoms with Gasteiger partial charge in [-0.1, -0.05) is 48.5 Å². The van der Waals surface area contributed by atoms with Gasteiger partial charge in [0, 0.05) is 22.8 Å². The molecule has 0 aliphatic carbocycles. The number of nitrogens with one attached hydrogen (secondary N) is 2. The van der Waals surface area contributed by atoms with Gasteiger partial charge in [-0.3, -0.25) is 9.59 Å². The van der Waals surface area contributed by atoms with Crippen LogP contribution >= 0.6 is 23.4 Å². The van der Waals surface area contributed by atoms with Crippen molar-refractivity contribution in [1.82, 2.24) is 20.1 Å². The predicted octanol–water partition coefficient (Wildman–Crippen LogP) is 4.34. The van der Waals surface area contributed by atoms with Crippen LogP contribution in [0, 0.1) is 0 Å². The number of allylic oxidation sites excluding steroid dienone is 1. The van der Waals surface area contributed by atoms with E-state index in [2.05, 4.69) is 34.3 Å². The summed E-state index contributed by atoms with van der Waals surface area (Å²) in [7, 11) is 0. The molecular weight excluding hydrogens is 446 g/mol. The molecule has 0 spiro atoms. The van der Waals surface area contributed by atoms with E-state index in [0.29, 0.717) is 28.1 Å². The van der Waals surface area contributed by atoms with Gasteiger partial charge in [0.2, 0.25) is 5.91 Å². The molecule has 0 atom stereocenters. The molecule has 0 radical (unpaired) electrons. The highest BCUT2D eigenvalue weighted by Crippen LogP contribution is 2.18. The molecule has 166 valence electrons. The van der Waals surface area contributed by atoms with Crippen LogP contribution in [0.3, 0.4) is 0 Å². The van der Waals surface area contributed by atoms with E-state index < -0.39 is 0 Å². The fraction of sp³-hybridized carbons (Fsp3) is 0.217. The highest BCUT2D eigenvalue weighted by molar-refractivity contribution is 7.99. The number of hydrogen-bond acceptors (Lipinski definition) is 5. The number of nitrogens with zero attached hydrogens (tertiary/aromatic N) is 3. The first-order chi connectivity index (χ1) is 15.5. The Labute approximate surface area is 196 Å². The second kappa shape index (κ2) is 11.5.